The molecule has 0 bridgehead atoms. The van der Waals surface area contributed by atoms with Crippen LogP contribution >= 0.6 is 0 Å². The summed E-state index contributed by atoms with van der Waals surface area (Å²) in [5.74, 6) is 0.117. The summed E-state index contributed by atoms with van der Waals surface area (Å²) in [5, 5.41) is 0. The number of esters is 1. The van der Waals surface area contributed by atoms with Crippen molar-refractivity contribution in [2.45, 2.75) is 6.92 Å². The summed E-state index contributed by atoms with van der Waals surface area (Å²) >= 11 is 0. The van der Waals surface area contributed by atoms with Gasteiger partial charge in [-0.15, -0.1) is 0 Å². The average molecular weight is 237 g/mol. The number of carbonyl (C=O) groups is 1. The second kappa shape index (κ2) is 5.32. The zero-order valence-electron chi connectivity index (χ0n) is 10.1. The molecule has 2 rings (SSSR count). The molecule has 2 aromatic carbocycles. The molecule has 0 fully saturated rings. The predicted octanol–water partition coefficient (Wildman–Crippen LogP) is 3.64. The third-order valence-corrected chi connectivity index (χ3v) is 2.46. The maximum Gasteiger partial charge on any atom is 0.338 e. The highest BCUT2D eigenvalue weighted by atomic mass is 16.5. The van der Waals surface area contributed by atoms with Crippen molar-refractivity contribution in [3.63, 3.8) is 0 Å². The van der Waals surface area contributed by atoms with Crippen molar-refractivity contribution in [1.29, 1.82) is 0 Å². The van der Waals surface area contributed by atoms with E-state index in [0.29, 0.717) is 11.3 Å². The van der Waals surface area contributed by atoms with Gasteiger partial charge in [-0.2, -0.15) is 0 Å². The Morgan fingerprint density at radius 1 is 1.06 bits per heavy atom. The molecule has 2 nitrogen and oxygen atoms in total. The number of carbonyl (C=O) groups excluding carboxylic acids is 1. The van der Waals surface area contributed by atoms with Crippen molar-refractivity contribution in [2.75, 3.05) is 0 Å². The smallest absolute Gasteiger partial charge is 0.338 e. The molecular weight excluding hydrogens is 224 g/mol. The lowest BCUT2D eigenvalue weighted by atomic mass is 10.1. The minimum Gasteiger partial charge on any atom is -0.423 e. The first-order valence-electron chi connectivity index (χ1n) is 5.61. The Balaban J connectivity index is 2.16. The van der Waals surface area contributed by atoms with E-state index in [1.807, 2.05) is 36.4 Å². The summed E-state index contributed by atoms with van der Waals surface area (Å²) in [4.78, 5) is 11.3. The fourth-order valence-electron chi connectivity index (χ4n) is 1.49. The second-order valence-electron chi connectivity index (χ2n) is 3.98. The fourth-order valence-corrected chi connectivity index (χ4v) is 1.49. The van der Waals surface area contributed by atoms with E-state index in [9.17, 15) is 4.79 Å². The van der Waals surface area contributed by atoms with Crippen LogP contribution in [0.25, 0.3) is 11.1 Å². The first-order chi connectivity index (χ1) is 8.66. The molecule has 0 saturated carbocycles. The number of benzene rings is 2. The molecule has 89 valence electrons. The van der Waals surface area contributed by atoms with Crippen LogP contribution in [0.1, 0.15) is 6.92 Å². The maximum absolute atomic E-state index is 11.3. The lowest BCUT2D eigenvalue weighted by molar-refractivity contribution is -0.130. The van der Waals surface area contributed by atoms with Gasteiger partial charge in [-0.1, -0.05) is 43.0 Å². The van der Waals surface area contributed by atoms with Gasteiger partial charge < -0.3 is 4.74 Å². The first-order valence-corrected chi connectivity index (χ1v) is 5.61. The van der Waals surface area contributed by atoms with Gasteiger partial charge in [0.25, 0.3) is 0 Å². The number of hydrogen-bond donors (Lipinski definition) is 0. The van der Waals surface area contributed by atoms with Gasteiger partial charge >= 0.3 is 5.97 Å². The molecule has 2 aromatic rings. The van der Waals surface area contributed by atoms with Crippen LogP contribution in [0.2, 0.25) is 0 Å². The van der Waals surface area contributed by atoms with E-state index in [-0.39, 0.29) is 0 Å². The van der Waals surface area contributed by atoms with Gasteiger partial charge in [-0.05, 0) is 36.2 Å². The van der Waals surface area contributed by atoms with E-state index in [1.54, 1.807) is 19.1 Å². The van der Waals surface area contributed by atoms with Crippen molar-refractivity contribution in [1.82, 2.24) is 0 Å². The number of hydrogen-bond acceptors (Lipinski definition) is 2. The van der Waals surface area contributed by atoms with Crippen LogP contribution in [-0.4, -0.2) is 5.97 Å². The Morgan fingerprint density at radius 3 is 2.17 bits per heavy atom. The fraction of sp³-hybridized carbons (Fsp3) is 0.0625. The molecule has 0 N–H and O–H groups in total. The van der Waals surface area contributed by atoms with Gasteiger partial charge in [-0.3, -0.25) is 0 Å². The van der Waals surface area contributed by atoms with Gasteiger partial charge in [0.1, 0.15) is 5.75 Å². The zero-order valence-corrected chi connectivity index (χ0v) is 10.1. The van der Waals surface area contributed by atoms with E-state index < -0.39 is 5.97 Å². The Hall–Kier alpha value is -2.35. The Morgan fingerprint density at radius 2 is 1.61 bits per heavy atom. The summed E-state index contributed by atoms with van der Waals surface area (Å²) in [6.07, 6.45) is 0. The van der Waals surface area contributed by atoms with Gasteiger partial charge in [0.2, 0.25) is 0 Å². The molecule has 0 aliphatic carbocycles. The normalized spacial score (nSPS) is 9.83. The van der Waals surface area contributed by atoms with Crippen LogP contribution < -0.4 is 4.74 Å². The summed E-state index contributed by atoms with van der Waals surface area (Å²) in [5.41, 5.74) is 2.56. The van der Waals surface area contributed by atoms with Gasteiger partial charge in [-0.25, -0.2) is 4.79 Å². The quantitative estimate of drug-likeness (QED) is 0.463. The van der Waals surface area contributed by atoms with Gasteiger partial charge in [0.05, 0.1) is 0 Å². The highest BCUT2D eigenvalue weighted by molar-refractivity contribution is 5.88. The van der Waals surface area contributed by atoms with Crippen molar-refractivity contribution < 1.29 is 9.53 Å². The van der Waals surface area contributed by atoms with Crippen LogP contribution in [0, 0.1) is 6.07 Å². The maximum atomic E-state index is 11.3. The molecule has 2 heteroatoms. The van der Waals surface area contributed by atoms with Gasteiger partial charge in [0.15, 0.2) is 0 Å². The number of rotatable bonds is 3. The van der Waals surface area contributed by atoms with Crippen LogP contribution in [0.15, 0.2) is 60.7 Å². The Labute approximate surface area is 107 Å². The molecule has 0 aromatic heterocycles. The summed E-state index contributed by atoms with van der Waals surface area (Å²) < 4.78 is 5.12. The summed E-state index contributed by atoms with van der Waals surface area (Å²) in [6, 6.07) is 18.0. The van der Waals surface area contributed by atoms with E-state index in [0.717, 1.165) is 11.1 Å². The average Bonchev–Trinajstić information content (AvgIpc) is 2.40. The van der Waals surface area contributed by atoms with Crippen LogP contribution in [0.5, 0.6) is 5.75 Å². The van der Waals surface area contributed by atoms with Crippen molar-refractivity contribution in [3.05, 3.63) is 66.7 Å². The molecule has 1 radical (unpaired) electrons. The highest BCUT2D eigenvalue weighted by Gasteiger charge is 2.05. The standard InChI is InChI=1S/C16H13O2/c1-12(2)16(17)18-15-10-8-14(9-11-15)13-6-4-3-5-7-13/h4-11H,1H2,2H3. The van der Waals surface area contributed by atoms with E-state index >= 15 is 0 Å². The minimum atomic E-state index is -0.405. The highest BCUT2D eigenvalue weighted by Crippen LogP contribution is 2.22. The van der Waals surface area contributed by atoms with Crippen molar-refractivity contribution in [3.8, 4) is 16.9 Å². The molecule has 0 heterocycles. The SMILES string of the molecule is C=C(C)C(=O)Oc1ccc(-c2cc[c]cc2)cc1. The Kier molecular flexibility index (Phi) is 3.58. The van der Waals surface area contributed by atoms with Crippen LogP contribution in [0.4, 0.5) is 0 Å². The molecule has 0 amide bonds. The molecular formula is C16H13O2. The summed E-state index contributed by atoms with van der Waals surface area (Å²) in [6.45, 7) is 5.16. The van der Waals surface area contributed by atoms with E-state index in [4.69, 9.17) is 4.74 Å². The van der Waals surface area contributed by atoms with Crippen LogP contribution in [0.3, 0.4) is 0 Å². The number of ether oxygens (including phenoxy) is 1. The Bertz CT molecular complexity index is 553. The summed E-state index contributed by atoms with van der Waals surface area (Å²) in [7, 11) is 0. The predicted molar refractivity (Wildman–Crippen MR) is 71.2 cm³/mol. The van der Waals surface area contributed by atoms with Crippen molar-refractivity contribution in [2.24, 2.45) is 0 Å². The zero-order chi connectivity index (χ0) is 13.0. The third kappa shape index (κ3) is 2.86. The second-order valence-corrected chi connectivity index (χ2v) is 3.98. The van der Waals surface area contributed by atoms with E-state index in [2.05, 4.69) is 12.6 Å². The molecule has 0 atom stereocenters. The molecule has 0 saturated heterocycles. The lowest BCUT2D eigenvalue weighted by Gasteiger charge is -2.05. The molecule has 0 aliphatic heterocycles. The van der Waals surface area contributed by atoms with Crippen molar-refractivity contribution >= 4 is 5.97 Å². The topological polar surface area (TPSA) is 26.3 Å². The molecule has 0 unspecified atom stereocenters. The van der Waals surface area contributed by atoms with Gasteiger partial charge in [0, 0.05) is 5.57 Å². The van der Waals surface area contributed by atoms with E-state index in [1.165, 1.54) is 0 Å². The monoisotopic (exact) mass is 237 g/mol. The largest absolute Gasteiger partial charge is 0.423 e. The third-order valence-electron chi connectivity index (χ3n) is 2.46. The van der Waals surface area contributed by atoms with Crippen LogP contribution in [-0.2, 0) is 4.79 Å². The minimum absolute atomic E-state index is 0.387. The molecule has 0 aliphatic rings. The molecule has 18 heavy (non-hydrogen) atoms. The molecule has 0 spiro atoms. The first kappa shape index (κ1) is 12.1. The lowest BCUT2D eigenvalue weighted by Crippen LogP contribution is -2.07.